The van der Waals surface area contributed by atoms with Gasteiger partial charge in [0.05, 0.1) is 6.21 Å². The Kier molecular flexibility index (Phi) is 2.83. The van der Waals surface area contributed by atoms with Gasteiger partial charge in [0.15, 0.2) is 0 Å². The van der Waals surface area contributed by atoms with Gasteiger partial charge in [-0.1, -0.05) is 24.3 Å². The van der Waals surface area contributed by atoms with Gasteiger partial charge in [-0.15, -0.1) is 0 Å². The Morgan fingerprint density at radius 1 is 1.15 bits per heavy atom. The average Bonchev–Trinajstić information content (AvgIpc) is 2.77. The van der Waals surface area contributed by atoms with Crippen LogP contribution in [0.25, 0.3) is 10.8 Å². The molecule has 0 bridgehead atoms. The van der Waals surface area contributed by atoms with E-state index in [1.165, 1.54) is 6.21 Å². The normalized spacial score (nSPS) is 15.3. The first-order chi connectivity index (χ1) is 9.65. The molecule has 2 N–H and O–H groups in total. The number of phenols is 1. The molecule has 1 heterocycles. The molecule has 20 heavy (non-hydrogen) atoms. The molecule has 1 aliphatic heterocycles. The highest BCUT2D eigenvalue weighted by atomic mass is 16.3. The Hall–Kier alpha value is -2.89. The number of carbonyl (C=O) groups is 2. The fourth-order valence-corrected chi connectivity index (χ4v) is 2.08. The van der Waals surface area contributed by atoms with Gasteiger partial charge in [-0.05, 0) is 17.5 Å². The van der Waals surface area contributed by atoms with Gasteiger partial charge in [0.2, 0.25) is 5.91 Å². The van der Waals surface area contributed by atoms with Crippen molar-refractivity contribution in [3.63, 3.8) is 0 Å². The SMILES string of the molecule is O=C1CN(/N=C/c2ccc(O)c3ccccc23)C(=O)N1. The van der Waals surface area contributed by atoms with E-state index in [0.717, 1.165) is 16.0 Å². The summed E-state index contributed by atoms with van der Waals surface area (Å²) in [4.78, 5) is 22.4. The number of nitrogens with one attached hydrogen (secondary N) is 1. The topological polar surface area (TPSA) is 82.0 Å². The van der Waals surface area contributed by atoms with Crippen LogP contribution in [-0.2, 0) is 4.79 Å². The predicted molar refractivity (Wildman–Crippen MR) is 73.5 cm³/mol. The van der Waals surface area contributed by atoms with Crippen LogP contribution in [0, 0.1) is 0 Å². The molecule has 3 rings (SSSR count). The maximum absolute atomic E-state index is 11.4. The van der Waals surface area contributed by atoms with E-state index < -0.39 is 6.03 Å². The summed E-state index contributed by atoms with van der Waals surface area (Å²) in [6, 6.07) is 10.1. The Morgan fingerprint density at radius 3 is 2.60 bits per heavy atom. The average molecular weight is 269 g/mol. The number of carbonyl (C=O) groups excluding carboxylic acids is 2. The number of hydrazone groups is 1. The van der Waals surface area contributed by atoms with Crippen LogP contribution >= 0.6 is 0 Å². The van der Waals surface area contributed by atoms with Gasteiger partial charge in [-0.3, -0.25) is 10.1 Å². The summed E-state index contributed by atoms with van der Waals surface area (Å²) in [6.45, 7) is -0.0780. The largest absolute Gasteiger partial charge is 0.507 e. The Labute approximate surface area is 114 Å². The van der Waals surface area contributed by atoms with Crippen molar-refractivity contribution in [3.05, 3.63) is 42.0 Å². The third-order valence-electron chi connectivity index (χ3n) is 3.05. The molecule has 3 amide bonds. The molecule has 0 unspecified atom stereocenters. The molecular formula is C14H11N3O3. The molecule has 0 radical (unpaired) electrons. The number of hydrogen-bond donors (Lipinski definition) is 2. The quantitative estimate of drug-likeness (QED) is 0.639. The standard InChI is InChI=1S/C14H11N3O3/c18-12-6-5-9(10-3-1-2-4-11(10)12)7-15-17-8-13(19)16-14(17)20/h1-7,18H,8H2,(H,16,19,20)/b15-7+. The first kappa shape index (κ1) is 12.2. The van der Waals surface area contributed by atoms with Crippen molar-refractivity contribution < 1.29 is 14.7 Å². The summed E-state index contributed by atoms with van der Waals surface area (Å²) < 4.78 is 0. The lowest BCUT2D eigenvalue weighted by molar-refractivity contribution is -0.118. The molecule has 0 aromatic heterocycles. The highest BCUT2D eigenvalue weighted by molar-refractivity contribution is 6.04. The summed E-state index contributed by atoms with van der Waals surface area (Å²) >= 11 is 0. The lowest BCUT2D eigenvalue weighted by Crippen LogP contribution is -2.24. The van der Waals surface area contributed by atoms with Crippen molar-refractivity contribution >= 4 is 28.9 Å². The van der Waals surface area contributed by atoms with Gasteiger partial charge in [0.25, 0.3) is 0 Å². The van der Waals surface area contributed by atoms with Gasteiger partial charge in [0.1, 0.15) is 12.3 Å². The van der Waals surface area contributed by atoms with E-state index in [-0.39, 0.29) is 18.2 Å². The van der Waals surface area contributed by atoms with Gasteiger partial charge in [-0.2, -0.15) is 5.10 Å². The number of amides is 3. The summed E-state index contributed by atoms with van der Waals surface area (Å²) in [5.74, 6) is -0.186. The van der Waals surface area contributed by atoms with Crippen LogP contribution in [0.3, 0.4) is 0 Å². The molecule has 0 saturated carbocycles. The fraction of sp³-hybridized carbons (Fsp3) is 0.0714. The van der Waals surface area contributed by atoms with Gasteiger partial charge < -0.3 is 5.11 Å². The Bertz CT molecular complexity index is 740. The Balaban J connectivity index is 1.97. The van der Waals surface area contributed by atoms with Crippen molar-refractivity contribution in [3.8, 4) is 5.75 Å². The first-order valence-electron chi connectivity index (χ1n) is 6.01. The molecule has 6 heteroatoms. The number of nitrogens with zero attached hydrogens (tertiary/aromatic N) is 2. The smallest absolute Gasteiger partial charge is 0.344 e. The number of fused-ring (bicyclic) bond motifs is 1. The predicted octanol–water partition coefficient (Wildman–Crippen LogP) is 1.43. The molecule has 0 atom stereocenters. The monoisotopic (exact) mass is 269 g/mol. The molecule has 1 saturated heterocycles. The second-order valence-corrected chi connectivity index (χ2v) is 4.38. The van der Waals surface area contributed by atoms with E-state index in [4.69, 9.17) is 0 Å². The molecule has 6 nitrogen and oxygen atoms in total. The molecular weight excluding hydrogens is 258 g/mol. The number of aromatic hydroxyl groups is 1. The third kappa shape index (κ3) is 2.07. The maximum Gasteiger partial charge on any atom is 0.344 e. The lowest BCUT2D eigenvalue weighted by Gasteiger charge is -2.06. The van der Waals surface area contributed by atoms with E-state index in [1.54, 1.807) is 18.2 Å². The minimum Gasteiger partial charge on any atom is -0.507 e. The van der Waals surface area contributed by atoms with E-state index in [2.05, 4.69) is 10.4 Å². The van der Waals surface area contributed by atoms with Crippen LogP contribution in [-0.4, -0.2) is 34.8 Å². The molecule has 1 fully saturated rings. The zero-order chi connectivity index (χ0) is 14.1. The molecule has 0 aliphatic carbocycles. The van der Waals surface area contributed by atoms with Crippen LogP contribution in [0.5, 0.6) is 5.75 Å². The van der Waals surface area contributed by atoms with Crippen molar-refractivity contribution in [2.24, 2.45) is 5.10 Å². The molecule has 0 spiro atoms. The van der Waals surface area contributed by atoms with Crippen LogP contribution < -0.4 is 5.32 Å². The minimum atomic E-state index is -0.533. The van der Waals surface area contributed by atoms with Gasteiger partial charge in [-0.25, -0.2) is 9.80 Å². The highest BCUT2D eigenvalue weighted by Gasteiger charge is 2.25. The first-order valence-corrected chi connectivity index (χ1v) is 6.01. The third-order valence-corrected chi connectivity index (χ3v) is 3.05. The summed E-state index contributed by atoms with van der Waals surface area (Å²) in [5, 5.41) is 18.5. The molecule has 2 aromatic rings. The van der Waals surface area contributed by atoms with Crippen molar-refractivity contribution in [1.29, 1.82) is 0 Å². The van der Waals surface area contributed by atoms with E-state index in [9.17, 15) is 14.7 Å². The molecule has 1 aliphatic rings. The number of rotatable bonds is 2. The summed E-state index contributed by atoms with van der Waals surface area (Å²) in [7, 11) is 0. The Morgan fingerprint density at radius 2 is 1.90 bits per heavy atom. The number of hydrogen-bond acceptors (Lipinski definition) is 4. The second-order valence-electron chi connectivity index (χ2n) is 4.38. The van der Waals surface area contributed by atoms with Crippen molar-refractivity contribution in [1.82, 2.24) is 10.3 Å². The van der Waals surface area contributed by atoms with Gasteiger partial charge in [0, 0.05) is 10.9 Å². The van der Waals surface area contributed by atoms with Crippen LogP contribution in [0.15, 0.2) is 41.5 Å². The van der Waals surface area contributed by atoms with Crippen molar-refractivity contribution in [2.75, 3.05) is 6.54 Å². The summed E-state index contributed by atoms with van der Waals surface area (Å²) in [6.07, 6.45) is 1.50. The fourth-order valence-electron chi connectivity index (χ4n) is 2.08. The number of phenolic OH excluding ortho intramolecular Hbond substituents is 1. The van der Waals surface area contributed by atoms with Crippen LogP contribution in [0.1, 0.15) is 5.56 Å². The zero-order valence-electron chi connectivity index (χ0n) is 10.4. The zero-order valence-corrected chi connectivity index (χ0v) is 10.4. The maximum atomic E-state index is 11.4. The van der Waals surface area contributed by atoms with E-state index in [0.29, 0.717) is 5.39 Å². The summed E-state index contributed by atoms with van der Waals surface area (Å²) in [5.41, 5.74) is 0.755. The van der Waals surface area contributed by atoms with Crippen LogP contribution in [0.4, 0.5) is 4.79 Å². The van der Waals surface area contributed by atoms with Crippen LogP contribution in [0.2, 0.25) is 0 Å². The van der Waals surface area contributed by atoms with Gasteiger partial charge >= 0.3 is 6.03 Å². The van der Waals surface area contributed by atoms with Crippen molar-refractivity contribution in [2.45, 2.75) is 0 Å². The minimum absolute atomic E-state index is 0.0780. The molecule has 100 valence electrons. The number of benzene rings is 2. The van der Waals surface area contributed by atoms with E-state index >= 15 is 0 Å². The lowest BCUT2D eigenvalue weighted by atomic mass is 10.0. The highest BCUT2D eigenvalue weighted by Crippen LogP contribution is 2.26. The second kappa shape index (κ2) is 4.65. The number of imide groups is 1. The number of urea groups is 1. The van der Waals surface area contributed by atoms with E-state index in [1.807, 2.05) is 18.2 Å². The molecule has 2 aromatic carbocycles.